The SMILES string of the molecule is NCC[C@H](O)c1nc(-c2ncc[nH]2)no1. The molecule has 0 fully saturated rings. The van der Waals surface area contributed by atoms with Crippen LogP contribution >= 0.6 is 0 Å². The summed E-state index contributed by atoms with van der Waals surface area (Å²) in [6, 6.07) is 0. The zero-order valence-electron chi connectivity index (χ0n) is 7.92. The number of nitrogens with one attached hydrogen (secondary N) is 1. The highest BCUT2D eigenvalue weighted by Crippen LogP contribution is 2.16. The van der Waals surface area contributed by atoms with Crippen LogP contribution in [-0.2, 0) is 0 Å². The number of hydrogen-bond donors (Lipinski definition) is 3. The molecule has 2 aromatic rings. The molecule has 2 rings (SSSR count). The maximum absolute atomic E-state index is 9.52. The van der Waals surface area contributed by atoms with Crippen molar-refractivity contribution < 1.29 is 9.63 Å². The summed E-state index contributed by atoms with van der Waals surface area (Å²) in [6.45, 7) is 0.361. The summed E-state index contributed by atoms with van der Waals surface area (Å²) in [5.41, 5.74) is 5.30. The standard InChI is InChI=1S/C8H11N5O2/c9-2-1-5(14)8-12-7(13-15-8)6-10-3-4-11-6/h3-5,14H,1-2,9H2,(H,10,11)/t5-/m0/s1. The molecule has 0 aromatic carbocycles. The Morgan fingerprint density at radius 1 is 1.60 bits per heavy atom. The molecule has 1 atom stereocenters. The summed E-state index contributed by atoms with van der Waals surface area (Å²) in [5, 5.41) is 13.2. The molecule has 0 saturated heterocycles. The molecular weight excluding hydrogens is 198 g/mol. The van der Waals surface area contributed by atoms with E-state index in [1.54, 1.807) is 12.4 Å². The van der Waals surface area contributed by atoms with Gasteiger partial charge in [-0.15, -0.1) is 0 Å². The number of hydrogen-bond acceptors (Lipinski definition) is 6. The van der Waals surface area contributed by atoms with Gasteiger partial charge < -0.3 is 20.3 Å². The van der Waals surface area contributed by atoms with E-state index in [-0.39, 0.29) is 5.89 Å². The first-order valence-corrected chi connectivity index (χ1v) is 4.52. The summed E-state index contributed by atoms with van der Waals surface area (Å²) in [4.78, 5) is 10.8. The topological polar surface area (TPSA) is 114 Å². The van der Waals surface area contributed by atoms with E-state index in [0.717, 1.165) is 0 Å². The van der Waals surface area contributed by atoms with Gasteiger partial charge >= 0.3 is 0 Å². The van der Waals surface area contributed by atoms with E-state index in [2.05, 4.69) is 20.1 Å². The zero-order chi connectivity index (χ0) is 10.7. The number of aliphatic hydroxyl groups excluding tert-OH is 1. The Morgan fingerprint density at radius 2 is 2.47 bits per heavy atom. The molecule has 7 heteroatoms. The third-order valence-corrected chi connectivity index (χ3v) is 1.88. The number of aliphatic hydroxyl groups is 1. The summed E-state index contributed by atoms with van der Waals surface area (Å²) in [6.07, 6.45) is 2.81. The Hall–Kier alpha value is -1.73. The van der Waals surface area contributed by atoms with Crippen LogP contribution in [0.25, 0.3) is 11.6 Å². The maximum atomic E-state index is 9.52. The normalized spacial score (nSPS) is 12.9. The molecule has 2 aromatic heterocycles. The Kier molecular flexibility index (Phi) is 2.75. The molecule has 0 bridgehead atoms. The van der Waals surface area contributed by atoms with Crippen molar-refractivity contribution in [1.29, 1.82) is 0 Å². The summed E-state index contributed by atoms with van der Waals surface area (Å²) < 4.78 is 4.88. The first-order chi connectivity index (χ1) is 7.31. The minimum Gasteiger partial charge on any atom is -0.383 e. The van der Waals surface area contributed by atoms with Crippen molar-refractivity contribution in [2.45, 2.75) is 12.5 Å². The Balaban J connectivity index is 2.17. The predicted molar refractivity (Wildman–Crippen MR) is 50.5 cm³/mol. The van der Waals surface area contributed by atoms with Crippen molar-refractivity contribution >= 4 is 0 Å². The van der Waals surface area contributed by atoms with Gasteiger partial charge in [-0.3, -0.25) is 0 Å². The fraction of sp³-hybridized carbons (Fsp3) is 0.375. The monoisotopic (exact) mass is 209 g/mol. The van der Waals surface area contributed by atoms with E-state index in [0.29, 0.717) is 24.6 Å². The second-order valence-electron chi connectivity index (χ2n) is 2.99. The van der Waals surface area contributed by atoms with Gasteiger partial charge in [0.05, 0.1) is 0 Å². The number of nitrogens with zero attached hydrogens (tertiary/aromatic N) is 3. The number of aromatic nitrogens is 4. The number of nitrogens with two attached hydrogens (primary N) is 1. The second kappa shape index (κ2) is 4.20. The van der Waals surface area contributed by atoms with Gasteiger partial charge in [0.25, 0.3) is 5.89 Å². The van der Waals surface area contributed by atoms with Crippen molar-refractivity contribution in [3.05, 3.63) is 18.3 Å². The average molecular weight is 209 g/mol. The van der Waals surface area contributed by atoms with E-state index >= 15 is 0 Å². The van der Waals surface area contributed by atoms with Crippen LogP contribution in [0, 0.1) is 0 Å². The van der Waals surface area contributed by atoms with Crippen LogP contribution in [0.1, 0.15) is 18.4 Å². The molecule has 2 heterocycles. The molecule has 80 valence electrons. The van der Waals surface area contributed by atoms with Gasteiger partial charge in [-0.05, 0) is 13.0 Å². The highest BCUT2D eigenvalue weighted by Gasteiger charge is 2.16. The summed E-state index contributed by atoms with van der Waals surface area (Å²) in [5.74, 6) is 0.989. The van der Waals surface area contributed by atoms with Gasteiger partial charge in [-0.1, -0.05) is 5.16 Å². The van der Waals surface area contributed by atoms with Gasteiger partial charge in [-0.2, -0.15) is 4.98 Å². The first kappa shape index (κ1) is 9.81. The van der Waals surface area contributed by atoms with Crippen molar-refractivity contribution in [1.82, 2.24) is 20.1 Å². The van der Waals surface area contributed by atoms with Crippen LogP contribution in [0.15, 0.2) is 16.9 Å². The number of rotatable bonds is 4. The average Bonchev–Trinajstić information content (AvgIpc) is 2.89. The van der Waals surface area contributed by atoms with Crippen LogP contribution in [0.4, 0.5) is 0 Å². The quantitative estimate of drug-likeness (QED) is 0.644. The van der Waals surface area contributed by atoms with Crippen LogP contribution < -0.4 is 5.73 Å². The minimum absolute atomic E-state index is 0.159. The molecule has 0 spiro atoms. The van der Waals surface area contributed by atoms with Crippen LogP contribution in [0.5, 0.6) is 0 Å². The van der Waals surface area contributed by atoms with Gasteiger partial charge in [0.2, 0.25) is 5.82 Å². The number of aromatic amines is 1. The first-order valence-electron chi connectivity index (χ1n) is 4.52. The smallest absolute Gasteiger partial charge is 0.255 e. The van der Waals surface area contributed by atoms with E-state index in [1.807, 2.05) is 0 Å². The highest BCUT2D eigenvalue weighted by molar-refractivity contribution is 5.40. The number of H-pyrrole nitrogens is 1. The largest absolute Gasteiger partial charge is 0.383 e. The van der Waals surface area contributed by atoms with Crippen molar-refractivity contribution in [3.63, 3.8) is 0 Å². The fourth-order valence-electron chi connectivity index (χ4n) is 1.14. The molecule has 0 saturated carbocycles. The van der Waals surface area contributed by atoms with Crippen molar-refractivity contribution in [2.75, 3.05) is 6.54 Å². The molecule has 15 heavy (non-hydrogen) atoms. The Morgan fingerprint density at radius 3 is 3.13 bits per heavy atom. The second-order valence-corrected chi connectivity index (χ2v) is 2.99. The lowest BCUT2D eigenvalue weighted by Crippen LogP contribution is -2.06. The van der Waals surface area contributed by atoms with Gasteiger partial charge in [0.15, 0.2) is 5.82 Å². The molecule has 7 nitrogen and oxygen atoms in total. The minimum atomic E-state index is -0.814. The van der Waals surface area contributed by atoms with Crippen molar-refractivity contribution in [2.24, 2.45) is 5.73 Å². The lowest BCUT2D eigenvalue weighted by molar-refractivity contribution is 0.127. The summed E-state index contributed by atoms with van der Waals surface area (Å²) in [7, 11) is 0. The van der Waals surface area contributed by atoms with Crippen molar-refractivity contribution in [3.8, 4) is 11.6 Å². The molecule has 0 radical (unpaired) electrons. The molecular formula is C8H11N5O2. The van der Waals surface area contributed by atoms with E-state index < -0.39 is 6.10 Å². The Bertz CT molecular complexity index is 410. The molecule has 0 aliphatic rings. The van der Waals surface area contributed by atoms with Crippen LogP contribution in [0.3, 0.4) is 0 Å². The zero-order valence-corrected chi connectivity index (χ0v) is 7.92. The molecule has 0 aliphatic carbocycles. The predicted octanol–water partition coefficient (Wildman–Crippen LogP) is -0.158. The third-order valence-electron chi connectivity index (χ3n) is 1.88. The third kappa shape index (κ3) is 2.03. The van der Waals surface area contributed by atoms with E-state index in [4.69, 9.17) is 10.3 Å². The lowest BCUT2D eigenvalue weighted by Gasteiger charge is -2.00. The molecule has 0 unspecified atom stereocenters. The molecule has 0 aliphatic heterocycles. The summed E-state index contributed by atoms with van der Waals surface area (Å²) >= 11 is 0. The van der Waals surface area contributed by atoms with Gasteiger partial charge in [0, 0.05) is 12.4 Å². The Labute approximate surface area is 85.3 Å². The highest BCUT2D eigenvalue weighted by atomic mass is 16.5. The fourth-order valence-corrected chi connectivity index (χ4v) is 1.14. The molecule has 4 N–H and O–H groups in total. The molecule has 0 amide bonds. The van der Waals surface area contributed by atoms with E-state index in [9.17, 15) is 5.11 Å². The number of imidazole rings is 1. The van der Waals surface area contributed by atoms with Gasteiger partial charge in [-0.25, -0.2) is 4.98 Å². The van der Waals surface area contributed by atoms with Crippen LogP contribution in [0.2, 0.25) is 0 Å². The lowest BCUT2D eigenvalue weighted by atomic mass is 10.2. The van der Waals surface area contributed by atoms with E-state index in [1.165, 1.54) is 0 Å². The van der Waals surface area contributed by atoms with Gasteiger partial charge in [0.1, 0.15) is 6.10 Å². The van der Waals surface area contributed by atoms with Crippen LogP contribution in [-0.4, -0.2) is 31.8 Å². The maximum Gasteiger partial charge on any atom is 0.255 e.